The van der Waals surface area contributed by atoms with E-state index in [2.05, 4.69) is 10.6 Å². The SMILES string of the molecule is Cc1cccc(NC(=O)COc2ccccc2/C=C2\SC(=O)N(CC(=O)Nc3ccccc3)C2=O)c1. The van der Waals surface area contributed by atoms with E-state index in [1.54, 1.807) is 54.6 Å². The van der Waals surface area contributed by atoms with Crippen molar-refractivity contribution < 1.29 is 23.9 Å². The number of amides is 4. The summed E-state index contributed by atoms with van der Waals surface area (Å²) in [7, 11) is 0. The summed E-state index contributed by atoms with van der Waals surface area (Å²) >= 11 is 0.745. The summed E-state index contributed by atoms with van der Waals surface area (Å²) in [5, 5.41) is 4.90. The number of aryl methyl sites for hydroxylation is 1. The predicted molar refractivity (Wildman–Crippen MR) is 139 cm³/mol. The number of nitrogens with zero attached hydrogens (tertiary/aromatic N) is 1. The number of para-hydroxylation sites is 2. The molecule has 1 aliphatic heterocycles. The van der Waals surface area contributed by atoms with Gasteiger partial charge in [0.25, 0.3) is 17.1 Å². The van der Waals surface area contributed by atoms with E-state index in [9.17, 15) is 19.2 Å². The van der Waals surface area contributed by atoms with Gasteiger partial charge < -0.3 is 15.4 Å². The van der Waals surface area contributed by atoms with Crippen LogP contribution in [0.15, 0.2) is 83.8 Å². The number of thioether (sulfide) groups is 1. The molecule has 1 fully saturated rings. The maximum atomic E-state index is 12.8. The molecule has 0 spiro atoms. The molecule has 36 heavy (non-hydrogen) atoms. The number of hydrogen-bond donors (Lipinski definition) is 2. The van der Waals surface area contributed by atoms with Gasteiger partial charge in [0, 0.05) is 16.9 Å². The lowest BCUT2D eigenvalue weighted by Gasteiger charge is -2.12. The zero-order valence-electron chi connectivity index (χ0n) is 19.4. The molecular formula is C27H23N3O5S. The summed E-state index contributed by atoms with van der Waals surface area (Å²) in [6, 6.07) is 23.1. The van der Waals surface area contributed by atoms with Gasteiger partial charge in [-0.15, -0.1) is 0 Å². The molecular weight excluding hydrogens is 478 g/mol. The molecule has 0 aromatic heterocycles. The van der Waals surface area contributed by atoms with E-state index in [1.165, 1.54) is 6.08 Å². The predicted octanol–water partition coefficient (Wildman–Crippen LogP) is 4.69. The second-order valence-corrected chi connectivity index (χ2v) is 8.92. The normalized spacial score (nSPS) is 14.1. The highest BCUT2D eigenvalue weighted by molar-refractivity contribution is 8.18. The number of nitrogens with one attached hydrogen (secondary N) is 2. The Bertz CT molecular complexity index is 1340. The number of imide groups is 1. The van der Waals surface area contributed by atoms with Crippen LogP contribution in [0.3, 0.4) is 0 Å². The Kier molecular flexibility index (Phi) is 7.82. The van der Waals surface area contributed by atoms with Crippen LogP contribution < -0.4 is 15.4 Å². The lowest BCUT2D eigenvalue weighted by Crippen LogP contribution is -2.36. The summed E-state index contributed by atoms with van der Waals surface area (Å²) in [4.78, 5) is 51.0. The van der Waals surface area contributed by atoms with Crippen LogP contribution in [0.1, 0.15) is 11.1 Å². The average molecular weight is 502 g/mol. The summed E-state index contributed by atoms with van der Waals surface area (Å²) in [5.41, 5.74) is 2.79. The molecule has 0 atom stereocenters. The Morgan fingerprint density at radius 2 is 1.58 bits per heavy atom. The highest BCUT2D eigenvalue weighted by Crippen LogP contribution is 2.34. The Labute approximate surface area is 212 Å². The maximum Gasteiger partial charge on any atom is 0.294 e. The molecule has 3 aromatic carbocycles. The van der Waals surface area contributed by atoms with Crippen molar-refractivity contribution in [1.29, 1.82) is 0 Å². The Hall–Kier alpha value is -4.37. The van der Waals surface area contributed by atoms with Crippen molar-refractivity contribution in [1.82, 2.24) is 4.90 Å². The van der Waals surface area contributed by atoms with E-state index in [0.717, 1.165) is 22.2 Å². The fourth-order valence-corrected chi connectivity index (χ4v) is 4.27. The van der Waals surface area contributed by atoms with Crippen LogP contribution in [0, 0.1) is 6.92 Å². The van der Waals surface area contributed by atoms with Crippen LogP contribution in [-0.2, 0) is 14.4 Å². The van der Waals surface area contributed by atoms with Crippen molar-refractivity contribution in [3.63, 3.8) is 0 Å². The Morgan fingerprint density at radius 1 is 0.889 bits per heavy atom. The minimum Gasteiger partial charge on any atom is -0.483 e. The first-order valence-corrected chi connectivity index (χ1v) is 11.9. The summed E-state index contributed by atoms with van der Waals surface area (Å²) in [5.74, 6) is -1.00. The van der Waals surface area contributed by atoms with E-state index in [4.69, 9.17) is 4.74 Å². The molecule has 4 rings (SSSR count). The highest BCUT2D eigenvalue weighted by Gasteiger charge is 2.36. The van der Waals surface area contributed by atoms with Gasteiger partial charge in [-0.2, -0.15) is 0 Å². The van der Waals surface area contributed by atoms with Crippen molar-refractivity contribution in [3.05, 3.63) is 94.9 Å². The van der Waals surface area contributed by atoms with Crippen molar-refractivity contribution in [2.45, 2.75) is 6.92 Å². The molecule has 0 saturated carbocycles. The smallest absolute Gasteiger partial charge is 0.294 e. The van der Waals surface area contributed by atoms with Crippen LogP contribution in [0.2, 0.25) is 0 Å². The zero-order chi connectivity index (χ0) is 25.5. The van der Waals surface area contributed by atoms with Crippen molar-refractivity contribution in [3.8, 4) is 5.75 Å². The standard InChI is InChI=1S/C27H23N3O5S/c1-18-8-7-12-21(14-18)29-25(32)17-35-22-13-6-5-9-19(22)15-23-26(33)30(27(34)36-23)16-24(31)28-20-10-3-2-4-11-20/h2-15H,16-17H2,1H3,(H,28,31)(H,29,32)/b23-15-. The number of carbonyl (C=O) groups excluding carboxylic acids is 4. The number of hydrogen-bond acceptors (Lipinski definition) is 6. The fraction of sp³-hybridized carbons (Fsp3) is 0.111. The average Bonchev–Trinajstić information content (AvgIpc) is 3.11. The highest BCUT2D eigenvalue weighted by atomic mass is 32.2. The molecule has 4 amide bonds. The third-order valence-corrected chi connectivity index (χ3v) is 6.01. The van der Waals surface area contributed by atoms with Gasteiger partial charge in [0.05, 0.1) is 4.91 Å². The number of benzene rings is 3. The van der Waals surface area contributed by atoms with Gasteiger partial charge in [0.15, 0.2) is 6.61 Å². The lowest BCUT2D eigenvalue weighted by molar-refractivity contribution is -0.127. The third-order valence-electron chi connectivity index (χ3n) is 5.10. The number of anilines is 2. The minimum atomic E-state index is -0.569. The van der Waals surface area contributed by atoms with Crippen LogP contribution in [0.25, 0.3) is 6.08 Å². The summed E-state index contributed by atoms with van der Waals surface area (Å²) in [6.45, 7) is 1.30. The maximum absolute atomic E-state index is 12.8. The zero-order valence-corrected chi connectivity index (χ0v) is 20.2. The molecule has 8 nitrogen and oxygen atoms in total. The number of ether oxygens (including phenoxy) is 1. The van der Waals surface area contributed by atoms with E-state index < -0.39 is 23.6 Å². The molecule has 1 heterocycles. The Morgan fingerprint density at radius 3 is 2.36 bits per heavy atom. The van der Waals surface area contributed by atoms with Gasteiger partial charge in [-0.05, 0) is 60.7 Å². The largest absolute Gasteiger partial charge is 0.483 e. The molecule has 1 saturated heterocycles. The molecule has 1 aliphatic rings. The molecule has 0 unspecified atom stereocenters. The Balaban J connectivity index is 1.40. The van der Waals surface area contributed by atoms with Gasteiger partial charge in [-0.25, -0.2) is 0 Å². The van der Waals surface area contributed by atoms with Crippen molar-refractivity contribution >= 4 is 52.2 Å². The molecule has 182 valence electrons. The molecule has 9 heteroatoms. The topological polar surface area (TPSA) is 105 Å². The van der Waals surface area contributed by atoms with Gasteiger partial charge in [0.2, 0.25) is 5.91 Å². The van der Waals surface area contributed by atoms with E-state index in [1.807, 2.05) is 31.2 Å². The summed E-state index contributed by atoms with van der Waals surface area (Å²) in [6.07, 6.45) is 1.52. The van der Waals surface area contributed by atoms with Gasteiger partial charge in [-0.1, -0.05) is 48.5 Å². The minimum absolute atomic E-state index is 0.160. The number of rotatable bonds is 8. The first kappa shape index (κ1) is 24.7. The van der Waals surface area contributed by atoms with Crippen LogP contribution in [0.5, 0.6) is 5.75 Å². The van der Waals surface area contributed by atoms with Crippen molar-refractivity contribution in [2.24, 2.45) is 0 Å². The second-order valence-electron chi connectivity index (χ2n) is 7.93. The van der Waals surface area contributed by atoms with Crippen LogP contribution >= 0.6 is 11.8 Å². The van der Waals surface area contributed by atoms with Crippen LogP contribution in [-0.4, -0.2) is 41.0 Å². The van der Waals surface area contributed by atoms with E-state index in [-0.39, 0.29) is 17.4 Å². The van der Waals surface area contributed by atoms with E-state index in [0.29, 0.717) is 22.7 Å². The molecule has 0 radical (unpaired) electrons. The first-order valence-electron chi connectivity index (χ1n) is 11.1. The molecule has 2 N–H and O–H groups in total. The third kappa shape index (κ3) is 6.39. The van der Waals surface area contributed by atoms with Gasteiger partial charge in [0.1, 0.15) is 12.3 Å². The van der Waals surface area contributed by atoms with Crippen molar-refractivity contribution in [2.75, 3.05) is 23.8 Å². The molecule has 3 aromatic rings. The monoisotopic (exact) mass is 501 g/mol. The van der Waals surface area contributed by atoms with Gasteiger partial charge >= 0.3 is 0 Å². The first-order chi connectivity index (χ1) is 17.4. The number of carbonyl (C=O) groups is 4. The lowest BCUT2D eigenvalue weighted by atomic mass is 10.2. The quantitative estimate of drug-likeness (QED) is 0.434. The molecule has 0 bridgehead atoms. The summed E-state index contributed by atoms with van der Waals surface area (Å²) < 4.78 is 5.69. The van der Waals surface area contributed by atoms with E-state index >= 15 is 0 Å². The molecule has 0 aliphatic carbocycles. The van der Waals surface area contributed by atoms with Gasteiger partial charge in [-0.3, -0.25) is 24.1 Å². The van der Waals surface area contributed by atoms with Crippen LogP contribution in [0.4, 0.5) is 16.2 Å². The fourth-order valence-electron chi connectivity index (χ4n) is 3.44. The second kappa shape index (κ2) is 11.4.